The lowest BCUT2D eigenvalue weighted by molar-refractivity contribution is -0.913. The maximum atomic E-state index is 12.4. The van der Waals surface area contributed by atoms with E-state index in [4.69, 9.17) is 0 Å². The van der Waals surface area contributed by atoms with E-state index in [1.165, 1.54) is 116 Å². The average Bonchev–Trinajstić information content (AvgIpc) is 3.01. The minimum atomic E-state index is -1.35. The van der Waals surface area contributed by atoms with Crippen molar-refractivity contribution >= 4 is 23.8 Å². The largest absolute Gasteiger partial charge is 0.544 e. The third-order valence-corrected chi connectivity index (χ3v) is 9.27. The van der Waals surface area contributed by atoms with Gasteiger partial charge in [-0.1, -0.05) is 155 Å². The van der Waals surface area contributed by atoms with Crippen LogP contribution in [0.1, 0.15) is 181 Å². The molecule has 0 radical (unpaired) electrons. The molecule has 0 heterocycles. The first kappa shape index (κ1) is 44.8. The monoisotopic (exact) mass is 668 g/mol. The minimum absolute atomic E-state index is 0.101. The molecule has 3 N–H and O–H groups in total. The third kappa shape index (κ3) is 30.9. The van der Waals surface area contributed by atoms with E-state index in [9.17, 15) is 29.4 Å². The zero-order valence-electron chi connectivity index (χ0n) is 30.6. The lowest BCUT2D eigenvalue weighted by atomic mass is 10.0. The topological polar surface area (TPSA) is 136 Å². The van der Waals surface area contributed by atoms with Crippen molar-refractivity contribution in [3.05, 3.63) is 0 Å². The minimum Gasteiger partial charge on any atom is -0.544 e. The van der Waals surface area contributed by atoms with Crippen molar-refractivity contribution in [3.63, 3.8) is 0 Å². The SMILES string of the molecule is CCCCCCCCCCCCCCCCCC(=O)NCC[N+](CCNC(=O)CCCCCCCCCCC)(CC(=O)[O-])CC(=O)O. The van der Waals surface area contributed by atoms with Crippen LogP contribution >= 0.6 is 0 Å². The second-order valence-electron chi connectivity index (χ2n) is 13.8. The summed E-state index contributed by atoms with van der Waals surface area (Å²) in [6.45, 7) is 4.17. The van der Waals surface area contributed by atoms with Gasteiger partial charge in [0.15, 0.2) is 6.54 Å². The van der Waals surface area contributed by atoms with E-state index in [0.717, 1.165) is 38.5 Å². The van der Waals surface area contributed by atoms with Gasteiger partial charge in [-0.25, -0.2) is 4.79 Å². The van der Waals surface area contributed by atoms with Crippen LogP contribution in [0.15, 0.2) is 0 Å². The van der Waals surface area contributed by atoms with E-state index in [-0.39, 0.29) is 42.5 Å². The van der Waals surface area contributed by atoms with Crippen LogP contribution in [-0.4, -0.2) is 72.6 Å². The number of carboxylic acids is 2. The first-order valence-electron chi connectivity index (χ1n) is 19.5. The van der Waals surface area contributed by atoms with Crippen LogP contribution in [0.2, 0.25) is 0 Å². The van der Waals surface area contributed by atoms with Gasteiger partial charge in [0, 0.05) is 12.8 Å². The summed E-state index contributed by atoms with van der Waals surface area (Å²) in [6.07, 6.45) is 30.2. The number of hydrogen-bond acceptors (Lipinski definition) is 5. The number of hydrogen-bond donors (Lipinski definition) is 3. The molecule has 0 bridgehead atoms. The zero-order chi connectivity index (χ0) is 34.9. The Morgan fingerprint density at radius 1 is 0.489 bits per heavy atom. The van der Waals surface area contributed by atoms with Crippen molar-refractivity contribution in [1.82, 2.24) is 10.6 Å². The van der Waals surface area contributed by atoms with Gasteiger partial charge in [-0.05, 0) is 12.8 Å². The molecule has 0 spiro atoms. The van der Waals surface area contributed by atoms with Gasteiger partial charge >= 0.3 is 5.97 Å². The molecule has 9 nitrogen and oxygen atoms in total. The molecule has 0 aromatic carbocycles. The lowest BCUT2D eigenvalue weighted by Gasteiger charge is -2.37. The Morgan fingerprint density at radius 2 is 0.787 bits per heavy atom. The van der Waals surface area contributed by atoms with Crippen molar-refractivity contribution in [3.8, 4) is 0 Å². The summed E-state index contributed by atoms with van der Waals surface area (Å²) >= 11 is 0. The Bertz CT molecular complexity index is 775. The number of quaternary nitrogens is 1. The number of unbranched alkanes of at least 4 members (excludes halogenated alkanes) is 22. The molecule has 276 valence electrons. The molecule has 0 aliphatic heterocycles. The molecule has 1 atom stereocenters. The number of rotatable bonds is 36. The number of carbonyl (C=O) groups excluding carboxylic acids is 3. The quantitative estimate of drug-likeness (QED) is 0.0484. The van der Waals surface area contributed by atoms with Crippen molar-refractivity contribution < 1.29 is 33.9 Å². The van der Waals surface area contributed by atoms with Crippen LogP contribution in [0.5, 0.6) is 0 Å². The van der Waals surface area contributed by atoms with E-state index in [1.54, 1.807) is 0 Å². The highest BCUT2D eigenvalue weighted by molar-refractivity contribution is 5.76. The Labute approximate surface area is 288 Å². The molecule has 0 aliphatic carbocycles. The normalized spacial score (nSPS) is 12.5. The molecule has 2 amide bonds. The highest BCUT2D eigenvalue weighted by Crippen LogP contribution is 2.14. The molecule has 1 unspecified atom stereocenters. The molecule has 0 aromatic heterocycles. The van der Waals surface area contributed by atoms with Gasteiger partial charge in [-0.3, -0.25) is 9.59 Å². The molecule has 0 aliphatic rings. The van der Waals surface area contributed by atoms with Gasteiger partial charge in [-0.2, -0.15) is 0 Å². The van der Waals surface area contributed by atoms with E-state index < -0.39 is 25.0 Å². The Hall–Kier alpha value is -2.16. The molecular formula is C38H73N3O6. The maximum absolute atomic E-state index is 12.4. The fourth-order valence-electron chi connectivity index (χ4n) is 6.34. The van der Waals surface area contributed by atoms with Gasteiger partial charge in [0.25, 0.3) is 0 Å². The van der Waals surface area contributed by atoms with Crippen molar-refractivity contribution in [1.29, 1.82) is 0 Å². The molecule has 0 aromatic rings. The van der Waals surface area contributed by atoms with Crippen LogP contribution in [0.4, 0.5) is 0 Å². The summed E-state index contributed by atoms with van der Waals surface area (Å²) in [5.74, 6) is -2.68. The van der Waals surface area contributed by atoms with E-state index in [1.807, 2.05) is 0 Å². The maximum Gasteiger partial charge on any atom is 0.359 e. The second-order valence-corrected chi connectivity index (χ2v) is 13.8. The summed E-state index contributed by atoms with van der Waals surface area (Å²) < 4.78 is -0.296. The van der Waals surface area contributed by atoms with Crippen LogP contribution in [-0.2, 0) is 19.2 Å². The summed E-state index contributed by atoms with van der Waals surface area (Å²) in [7, 11) is 0. The summed E-state index contributed by atoms with van der Waals surface area (Å²) in [6, 6.07) is 0. The summed E-state index contributed by atoms with van der Waals surface area (Å²) in [4.78, 5) is 48.0. The molecular weight excluding hydrogens is 594 g/mol. The number of carboxylic acid groups (broad SMARTS) is 2. The highest BCUT2D eigenvalue weighted by atomic mass is 16.4. The van der Waals surface area contributed by atoms with Gasteiger partial charge in [0.2, 0.25) is 11.8 Å². The van der Waals surface area contributed by atoms with Gasteiger partial charge in [0.05, 0.1) is 32.1 Å². The lowest BCUT2D eigenvalue weighted by Crippen LogP contribution is -2.61. The van der Waals surface area contributed by atoms with Crippen molar-refractivity contribution in [2.75, 3.05) is 39.3 Å². The smallest absolute Gasteiger partial charge is 0.359 e. The van der Waals surface area contributed by atoms with Gasteiger partial charge in [-0.15, -0.1) is 0 Å². The number of nitrogens with one attached hydrogen (secondary N) is 2. The average molecular weight is 668 g/mol. The Balaban J connectivity index is 4.19. The number of nitrogens with zero attached hydrogens (tertiary/aromatic N) is 1. The van der Waals surface area contributed by atoms with Gasteiger partial charge < -0.3 is 30.1 Å². The van der Waals surface area contributed by atoms with E-state index in [0.29, 0.717) is 12.8 Å². The highest BCUT2D eigenvalue weighted by Gasteiger charge is 2.30. The zero-order valence-corrected chi connectivity index (χ0v) is 30.6. The first-order valence-corrected chi connectivity index (χ1v) is 19.5. The fourth-order valence-corrected chi connectivity index (χ4v) is 6.34. The van der Waals surface area contributed by atoms with Crippen LogP contribution in [0.25, 0.3) is 0 Å². The predicted molar refractivity (Wildman–Crippen MR) is 190 cm³/mol. The number of amides is 2. The standard InChI is InChI=1S/C38H73N3O6/c1-3-5-7-9-11-13-14-15-16-17-18-20-22-24-26-28-36(43)40-30-32-41(33-37(44)45,34-38(46)47)31-29-39-35(42)27-25-23-21-19-12-10-8-6-4-2/h3-34H2,1-2H3,(H3-,39,40,42,43,44,45,46,47). The Kier molecular flexibility index (Phi) is 30.9. The van der Waals surface area contributed by atoms with Crippen molar-refractivity contribution in [2.45, 2.75) is 181 Å². The fraction of sp³-hybridized carbons (Fsp3) is 0.895. The first-order chi connectivity index (χ1) is 22.7. The van der Waals surface area contributed by atoms with E-state index >= 15 is 0 Å². The van der Waals surface area contributed by atoms with Crippen LogP contribution in [0.3, 0.4) is 0 Å². The molecule has 0 fully saturated rings. The van der Waals surface area contributed by atoms with Crippen LogP contribution in [0, 0.1) is 0 Å². The molecule has 9 heteroatoms. The van der Waals surface area contributed by atoms with Crippen molar-refractivity contribution in [2.24, 2.45) is 0 Å². The molecule has 47 heavy (non-hydrogen) atoms. The summed E-state index contributed by atoms with van der Waals surface area (Å²) in [5.41, 5.74) is 0. The molecule has 0 saturated carbocycles. The predicted octanol–water partition coefficient (Wildman–Crippen LogP) is 7.05. The molecule has 0 rings (SSSR count). The van der Waals surface area contributed by atoms with E-state index in [2.05, 4.69) is 24.5 Å². The third-order valence-electron chi connectivity index (χ3n) is 9.27. The number of carbonyl (C=O) groups is 4. The summed E-state index contributed by atoms with van der Waals surface area (Å²) in [5, 5.41) is 26.8. The van der Waals surface area contributed by atoms with Gasteiger partial charge in [0.1, 0.15) is 6.54 Å². The van der Waals surface area contributed by atoms with Crippen LogP contribution < -0.4 is 15.7 Å². The second kappa shape index (κ2) is 32.4. The number of aliphatic carboxylic acids is 2. The Morgan fingerprint density at radius 3 is 1.06 bits per heavy atom. The molecule has 0 saturated heterocycles.